The Bertz CT molecular complexity index is 846. The topological polar surface area (TPSA) is 48.5 Å². The third-order valence-corrected chi connectivity index (χ3v) is 5.32. The molecule has 0 bridgehead atoms. The number of anilines is 2. The molecule has 5 nitrogen and oxygen atoms in total. The molecule has 2 aromatic rings. The molecular formula is C21H24N4O. The molecule has 26 heavy (non-hydrogen) atoms. The lowest BCUT2D eigenvalue weighted by molar-refractivity contribution is -0.117. The summed E-state index contributed by atoms with van der Waals surface area (Å²) in [6, 6.07) is 12.5. The summed E-state index contributed by atoms with van der Waals surface area (Å²) in [4.78, 5) is 21.0. The average Bonchev–Trinajstić information content (AvgIpc) is 2.67. The van der Waals surface area contributed by atoms with E-state index in [4.69, 9.17) is 0 Å². The van der Waals surface area contributed by atoms with E-state index < -0.39 is 0 Å². The monoisotopic (exact) mass is 348 g/mol. The number of benzene rings is 1. The van der Waals surface area contributed by atoms with E-state index in [1.807, 2.05) is 25.1 Å². The molecule has 1 atom stereocenters. The normalized spacial score (nSPS) is 20.4. The number of carbonyl (C=O) groups is 1. The Balaban J connectivity index is 1.45. The van der Waals surface area contributed by atoms with E-state index in [9.17, 15) is 4.79 Å². The Hall–Kier alpha value is -2.66. The maximum absolute atomic E-state index is 12.0. The zero-order chi connectivity index (χ0) is 18.1. The number of likely N-dealkylation sites (N-methyl/N-ethyl adjacent to an activating group) is 1. The molecule has 3 heterocycles. The summed E-state index contributed by atoms with van der Waals surface area (Å²) in [5.41, 5.74) is 4.69. The van der Waals surface area contributed by atoms with Crippen LogP contribution in [0, 0.1) is 0 Å². The molecule has 0 saturated heterocycles. The number of fused-ring (bicyclic) bond motifs is 1. The van der Waals surface area contributed by atoms with Gasteiger partial charge in [-0.25, -0.2) is 4.98 Å². The quantitative estimate of drug-likeness (QED) is 0.926. The van der Waals surface area contributed by atoms with E-state index in [1.54, 1.807) is 0 Å². The largest absolute Gasteiger partial charge is 0.346 e. The molecule has 134 valence electrons. The molecule has 0 spiro atoms. The van der Waals surface area contributed by atoms with Gasteiger partial charge in [0.25, 0.3) is 0 Å². The molecule has 4 rings (SSSR count). The van der Waals surface area contributed by atoms with E-state index in [0.717, 1.165) is 43.1 Å². The minimum atomic E-state index is -0.190. The van der Waals surface area contributed by atoms with Crippen molar-refractivity contribution in [2.24, 2.45) is 0 Å². The van der Waals surface area contributed by atoms with Crippen LogP contribution in [0.4, 0.5) is 11.5 Å². The Labute approximate surface area is 154 Å². The van der Waals surface area contributed by atoms with Crippen LogP contribution in [0.25, 0.3) is 5.57 Å². The first-order valence-corrected chi connectivity index (χ1v) is 9.11. The van der Waals surface area contributed by atoms with Crippen LogP contribution in [-0.2, 0) is 11.3 Å². The van der Waals surface area contributed by atoms with E-state index in [-0.39, 0.29) is 11.9 Å². The number of carbonyl (C=O) groups excluding carboxylic acids is 1. The van der Waals surface area contributed by atoms with Gasteiger partial charge >= 0.3 is 0 Å². The van der Waals surface area contributed by atoms with Crippen molar-refractivity contribution in [3.8, 4) is 0 Å². The van der Waals surface area contributed by atoms with Crippen molar-refractivity contribution in [3.63, 3.8) is 0 Å². The van der Waals surface area contributed by atoms with Crippen molar-refractivity contribution < 1.29 is 4.79 Å². The van der Waals surface area contributed by atoms with Gasteiger partial charge in [-0.3, -0.25) is 9.69 Å². The van der Waals surface area contributed by atoms with Crippen molar-refractivity contribution in [1.82, 2.24) is 9.88 Å². The molecule has 0 fully saturated rings. The molecule has 0 unspecified atom stereocenters. The second-order valence-electron chi connectivity index (χ2n) is 7.07. The maximum atomic E-state index is 12.0. The second-order valence-corrected chi connectivity index (χ2v) is 7.07. The van der Waals surface area contributed by atoms with E-state index in [1.165, 1.54) is 11.1 Å². The van der Waals surface area contributed by atoms with Crippen molar-refractivity contribution in [3.05, 3.63) is 59.8 Å². The third-order valence-electron chi connectivity index (χ3n) is 5.32. The Morgan fingerprint density at radius 3 is 2.81 bits per heavy atom. The summed E-state index contributed by atoms with van der Waals surface area (Å²) in [7, 11) is 1.91. The van der Waals surface area contributed by atoms with Crippen LogP contribution in [0.2, 0.25) is 0 Å². The zero-order valence-corrected chi connectivity index (χ0v) is 15.3. The number of pyridine rings is 1. The zero-order valence-electron chi connectivity index (χ0n) is 15.3. The summed E-state index contributed by atoms with van der Waals surface area (Å²) in [5.74, 6) is 0.859. The van der Waals surface area contributed by atoms with Crippen LogP contribution < -0.4 is 10.2 Å². The number of aromatic nitrogens is 1. The smallest absolute Gasteiger partial charge is 0.246 e. The van der Waals surface area contributed by atoms with Crippen LogP contribution in [0.1, 0.15) is 24.5 Å². The Kier molecular flexibility index (Phi) is 4.47. The first kappa shape index (κ1) is 16.8. The molecule has 1 aromatic heterocycles. The molecule has 1 aromatic carbocycles. The molecule has 1 amide bonds. The van der Waals surface area contributed by atoms with E-state index >= 15 is 0 Å². The molecule has 5 heteroatoms. The van der Waals surface area contributed by atoms with Gasteiger partial charge in [-0.1, -0.05) is 36.4 Å². The second kappa shape index (κ2) is 6.92. The van der Waals surface area contributed by atoms with Gasteiger partial charge in [0.2, 0.25) is 5.91 Å². The number of hydrogen-bond donors (Lipinski definition) is 1. The van der Waals surface area contributed by atoms with Crippen molar-refractivity contribution in [2.75, 3.05) is 30.4 Å². The van der Waals surface area contributed by atoms with Crippen LogP contribution in [0.5, 0.6) is 0 Å². The summed E-state index contributed by atoms with van der Waals surface area (Å²) >= 11 is 0. The number of rotatable bonds is 3. The lowest BCUT2D eigenvalue weighted by Crippen LogP contribution is -2.44. The fourth-order valence-corrected chi connectivity index (χ4v) is 3.58. The lowest BCUT2D eigenvalue weighted by Gasteiger charge is -2.32. The minimum Gasteiger partial charge on any atom is -0.346 e. The maximum Gasteiger partial charge on any atom is 0.246 e. The molecular weight excluding hydrogens is 324 g/mol. The average molecular weight is 348 g/mol. The number of hydrogen-bond acceptors (Lipinski definition) is 4. The summed E-state index contributed by atoms with van der Waals surface area (Å²) in [6.45, 7) is 4.69. The number of nitrogens with zero attached hydrogens (tertiary/aromatic N) is 3. The fourth-order valence-electron chi connectivity index (χ4n) is 3.58. The Morgan fingerprint density at radius 2 is 2.08 bits per heavy atom. The number of nitrogens with one attached hydrogen (secondary N) is 1. The third kappa shape index (κ3) is 3.22. The SMILES string of the molecule is C[C@H]1C(=O)Nc2cc(CN3CC=C(c4ccccc4)CC3)cnc2N1C. The van der Waals surface area contributed by atoms with Gasteiger partial charge in [-0.2, -0.15) is 0 Å². The van der Waals surface area contributed by atoms with Gasteiger partial charge < -0.3 is 10.2 Å². The van der Waals surface area contributed by atoms with Gasteiger partial charge in [0.15, 0.2) is 5.82 Å². The van der Waals surface area contributed by atoms with Gasteiger partial charge in [-0.05, 0) is 36.1 Å². The predicted octanol–water partition coefficient (Wildman–Crippen LogP) is 3.15. The Morgan fingerprint density at radius 1 is 1.27 bits per heavy atom. The van der Waals surface area contributed by atoms with Crippen molar-refractivity contribution in [1.29, 1.82) is 0 Å². The van der Waals surface area contributed by atoms with E-state index in [2.05, 4.69) is 57.7 Å². The molecule has 1 N–H and O–H groups in total. The first-order chi connectivity index (χ1) is 12.6. The highest BCUT2D eigenvalue weighted by atomic mass is 16.2. The van der Waals surface area contributed by atoms with Crippen LogP contribution in [-0.4, -0.2) is 42.0 Å². The van der Waals surface area contributed by atoms with Gasteiger partial charge in [0, 0.05) is 32.9 Å². The number of amides is 1. The van der Waals surface area contributed by atoms with Crippen LogP contribution in [0.15, 0.2) is 48.7 Å². The first-order valence-electron chi connectivity index (χ1n) is 9.11. The van der Waals surface area contributed by atoms with Crippen molar-refractivity contribution >= 4 is 23.0 Å². The summed E-state index contributed by atoms with van der Waals surface area (Å²) < 4.78 is 0. The molecule has 0 aliphatic carbocycles. The molecule has 2 aliphatic heterocycles. The summed E-state index contributed by atoms with van der Waals surface area (Å²) in [5, 5.41) is 2.97. The van der Waals surface area contributed by atoms with E-state index in [0.29, 0.717) is 0 Å². The minimum absolute atomic E-state index is 0.0207. The fraction of sp³-hybridized carbons (Fsp3) is 0.333. The van der Waals surface area contributed by atoms with Crippen molar-refractivity contribution in [2.45, 2.75) is 25.9 Å². The molecule has 0 radical (unpaired) electrons. The highest BCUT2D eigenvalue weighted by Gasteiger charge is 2.28. The molecule has 2 aliphatic rings. The van der Waals surface area contributed by atoms with Gasteiger partial charge in [0.05, 0.1) is 5.69 Å². The standard InChI is InChI=1S/C21H24N4O/c1-15-21(26)23-19-12-16(13-22-20(19)24(15)2)14-25-10-8-18(9-11-25)17-6-4-3-5-7-17/h3-8,12-13,15H,9-11,14H2,1-2H3,(H,23,26)/t15-/m0/s1. The molecule has 0 saturated carbocycles. The highest BCUT2D eigenvalue weighted by Crippen LogP contribution is 2.30. The van der Waals surface area contributed by atoms with Gasteiger partial charge in [0.1, 0.15) is 6.04 Å². The van der Waals surface area contributed by atoms with Crippen LogP contribution in [0.3, 0.4) is 0 Å². The lowest BCUT2D eigenvalue weighted by atomic mass is 9.99. The highest BCUT2D eigenvalue weighted by molar-refractivity contribution is 6.02. The summed E-state index contributed by atoms with van der Waals surface area (Å²) in [6.07, 6.45) is 5.30. The van der Waals surface area contributed by atoms with Crippen LogP contribution >= 0.6 is 0 Å². The van der Waals surface area contributed by atoms with Gasteiger partial charge in [-0.15, -0.1) is 0 Å². The predicted molar refractivity (Wildman–Crippen MR) is 105 cm³/mol.